The molecule has 17 heavy (non-hydrogen) atoms. The predicted octanol–water partition coefficient (Wildman–Crippen LogP) is 2.94. The van der Waals surface area contributed by atoms with Gasteiger partial charge >= 0.3 is 0 Å². The van der Waals surface area contributed by atoms with Crippen molar-refractivity contribution in [3.8, 4) is 5.75 Å². The summed E-state index contributed by atoms with van der Waals surface area (Å²) in [6.07, 6.45) is 3.17. The second-order valence-corrected chi connectivity index (χ2v) is 3.73. The molecule has 0 aliphatic rings. The van der Waals surface area contributed by atoms with Gasteiger partial charge in [-0.3, -0.25) is 4.98 Å². The third-order valence-electron chi connectivity index (χ3n) is 2.43. The first-order valence-electron chi connectivity index (χ1n) is 5.28. The molecule has 1 atom stereocenters. The van der Waals surface area contributed by atoms with Crippen molar-refractivity contribution < 1.29 is 9.13 Å². The summed E-state index contributed by atoms with van der Waals surface area (Å²) in [6.45, 7) is 1.86. The lowest BCUT2D eigenvalue weighted by molar-refractivity contribution is 0.227. The number of hydrogen-bond acceptors (Lipinski definition) is 3. The van der Waals surface area contributed by atoms with Crippen LogP contribution in [-0.2, 0) is 0 Å². The summed E-state index contributed by atoms with van der Waals surface area (Å²) in [7, 11) is 0. The quantitative estimate of drug-likeness (QED) is 0.828. The van der Waals surface area contributed by atoms with Gasteiger partial charge in [-0.25, -0.2) is 4.39 Å². The van der Waals surface area contributed by atoms with E-state index in [9.17, 15) is 4.39 Å². The number of benzene rings is 1. The van der Waals surface area contributed by atoms with E-state index in [1.54, 1.807) is 12.4 Å². The highest BCUT2D eigenvalue weighted by molar-refractivity contribution is 5.52. The molecule has 0 spiro atoms. The van der Waals surface area contributed by atoms with Crippen LogP contribution < -0.4 is 10.5 Å². The van der Waals surface area contributed by atoms with E-state index in [2.05, 4.69) is 4.98 Å². The van der Waals surface area contributed by atoms with E-state index in [4.69, 9.17) is 10.5 Å². The second-order valence-electron chi connectivity index (χ2n) is 3.73. The third-order valence-corrected chi connectivity index (χ3v) is 2.43. The first kappa shape index (κ1) is 11.4. The van der Waals surface area contributed by atoms with Crippen LogP contribution >= 0.6 is 0 Å². The van der Waals surface area contributed by atoms with E-state index in [0.29, 0.717) is 11.4 Å². The molecule has 0 radical (unpaired) electrons. The number of aromatic nitrogens is 1. The molecule has 1 unspecified atom stereocenters. The molecule has 0 saturated heterocycles. The van der Waals surface area contributed by atoms with Gasteiger partial charge in [0.2, 0.25) is 0 Å². The molecule has 3 nitrogen and oxygen atoms in total. The molecular formula is C13H13FN2O. The van der Waals surface area contributed by atoms with Crippen molar-refractivity contribution in [2.24, 2.45) is 0 Å². The van der Waals surface area contributed by atoms with Crippen LogP contribution in [0.4, 0.5) is 10.1 Å². The van der Waals surface area contributed by atoms with E-state index in [-0.39, 0.29) is 11.9 Å². The lowest BCUT2D eigenvalue weighted by Gasteiger charge is -2.16. The lowest BCUT2D eigenvalue weighted by Crippen LogP contribution is -2.05. The minimum Gasteiger partial charge on any atom is -0.484 e. The number of rotatable bonds is 3. The number of nitrogen functional groups attached to an aromatic ring is 1. The van der Waals surface area contributed by atoms with Gasteiger partial charge in [0.15, 0.2) is 0 Å². The number of nitrogens with two attached hydrogens (primary N) is 1. The molecule has 2 rings (SSSR count). The van der Waals surface area contributed by atoms with Gasteiger partial charge in [0.05, 0.1) is 5.69 Å². The number of halogens is 1. The molecule has 2 aromatic rings. The van der Waals surface area contributed by atoms with Crippen molar-refractivity contribution in [1.82, 2.24) is 4.98 Å². The van der Waals surface area contributed by atoms with Crippen LogP contribution in [0.1, 0.15) is 18.6 Å². The van der Waals surface area contributed by atoms with Crippen molar-refractivity contribution in [1.29, 1.82) is 0 Å². The fourth-order valence-electron chi connectivity index (χ4n) is 1.49. The van der Waals surface area contributed by atoms with Crippen LogP contribution in [0.2, 0.25) is 0 Å². The molecule has 0 fully saturated rings. The van der Waals surface area contributed by atoms with Crippen LogP contribution in [0.5, 0.6) is 5.75 Å². The topological polar surface area (TPSA) is 48.1 Å². The largest absolute Gasteiger partial charge is 0.484 e. The first-order valence-corrected chi connectivity index (χ1v) is 5.28. The molecule has 0 amide bonds. The van der Waals surface area contributed by atoms with Gasteiger partial charge in [-0.2, -0.15) is 0 Å². The Morgan fingerprint density at radius 3 is 2.88 bits per heavy atom. The van der Waals surface area contributed by atoms with Gasteiger partial charge < -0.3 is 10.5 Å². The summed E-state index contributed by atoms with van der Waals surface area (Å²) in [5.74, 6) is -0.0195. The van der Waals surface area contributed by atoms with Crippen LogP contribution in [-0.4, -0.2) is 4.98 Å². The van der Waals surface area contributed by atoms with Crippen molar-refractivity contribution in [2.45, 2.75) is 13.0 Å². The zero-order valence-electron chi connectivity index (χ0n) is 9.43. The van der Waals surface area contributed by atoms with E-state index >= 15 is 0 Å². The molecule has 0 aliphatic carbocycles. The molecule has 1 aromatic carbocycles. The maximum absolute atomic E-state index is 13.1. The average Bonchev–Trinajstić information content (AvgIpc) is 2.35. The van der Waals surface area contributed by atoms with E-state index < -0.39 is 0 Å². The standard InChI is InChI=1S/C13H13FN2O/c1-9(10-3-2-6-16-8-10)17-13-7-11(14)4-5-12(13)15/h2-9H,15H2,1H3. The Morgan fingerprint density at radius 1 is 1.35 bits per heavy atom. The van der Waals surface area contributed by atoms with Gasteiger partial charge in [-0.15, -0.1) is 0 Å². The Bertz CT molecular complexity index is 502. The van der Waals surface area contributed by atoms with E-state index in [1.807, 2.05) is 19.1 Å². The average molecular weight is 232 g/mol. The molecule has 1 aromatic heterocycles. The summed E-state index contributed by atoms with van der Waals surface area (Å²) in [5.41, 5.74) is 7.04. The maximum atomic E-state index is 13.1. The first-order chi connectivity index (χ1) is 8.16. The molecule has 4 heteroatoms. The van der Waals surface area contributed by atoms with Gasteiger partial charge in [-0.05, 0) is 25.1 Å². The van der Waals surface area contributed by atoms with Crippen molar-refractivity contribution in [3.05, 3.63) is 54.1 Å². The molecule has 88 valence electrons. The van der Waals surface area contributed by atoms with Gasteiger partial charge in [0.1, 0.15) is 17.7 Å². The lowest BCUT2D eigenvalue weighted by atomic mass is 10.2. The highest BCUT2D eigenvalue weighted by atomic mass is 19.1. The van der Waals surface area contributed by atoms with Crippen LogP contribution in [0, 0.1) is 5.82 Å². The molecule has 1 heterocycles. The fraction of sp³-hybridized carbons (Fsp3) is 0.154. The molecule has 0 bridgehead atoms. The van der Waals surface area contributed by atoms with Crippen molar-refractivity contribution in [3.63, 3.8) is 0 Å². The molecule has 0 saturated carbocycles. The number of anilines is 1. The monoisotopic (exact) mass is 232 g/mol. The molecule has 2 N–H and O–H groups in total. The zero-order chi connectivity index (χ0) is 12.3. The number of pyridine rings is 1. The smallest absolute Gasteiger partial charge is 0.146 e. The normalized spacial score (nSPS) is 12.1. The van der Waals surface area contributed by atoms with Crippen molar-refractivity contribution in [2.75, 3.05) is 5.73 Å². The summed E-state index contributed by atoms with van der Waals surface area (Å²) in [5, 5.41) is 0. The Hall–Kier alpha value is -2.10. The number of ether oxygens (including phenoxy) is 1. The Balaban J connectivity index is 2.18. The summed E-state index contributed by atoms with van der Waals surface area (Å²) in [6, 6.07) is 7.79. The van der Waals surface area contributed by atoms with Gasteiger partial charge in [0.25, 0.3) is 0 Å². The predicted molar refractivity (Wildman–Crippen MR) is 64.1 cm³/mol. The fourth-order valence-corrected chi connectivity index (χ4v) is 1.49. The zero-order valence-corrected chi connectivity index (χ0v) is 9.43. The summed E-state index contributed by atoms with van der Waals surface area (Å²) >= 11 is 0. The Labute approximate surface area is 99.1 Å². The Morgan fingerprint density at radius 2 is 2.18 bits per heavy atom. The van der Waals surface area contributed by atoms with Gasteiger partial charge in [0, 0.05) is 24.0 Å². The highest BCUT2D eigenvalue weighted by Gasteiger charge is 2.10. The summed E-state index contributed by atoms with van der Waals surface area (Å²) < 4.78 is 18.7. The van der Waals surface area contributed by atoms with Crippen LogP contribution in [0.25, 0.3) is 0 Å². The number of nitrogens with zero attached hydrogens (tertiary/aromatic N) is 1. The SMILES string of the molecule is CC(Oc1cc(F)ccc1N)c1cccnc1. The third kappa shape index (κ3) is 2.72. The van der Waals surface area contributed by atoms with E-state index in [1.165, 1.54) is 18.2 Å². The molecular weight excluding hydrogens is 219 g/mol. The highest BCUT2D eigenvalue weighted by Crippen LogP contribution is 2.27. The summed E-state index contributed by atoms with van der Waals surface area (Å²) in [4.78, 5) is 4.00. The van der Waals surface area contributed by atoms with Crippen LogP contribution in [0.3, 0.4) is 0 Å². The maximum Gasteiger partial charge on any atom is 0.146 e. The van der Waals surface area contributed by atoms with Gasteiger partial charge in [-0.1, -0.05) is 6.07 Å². The second kappa shape index (κ2) is 4.82. The molecule has 0 aliphatic heterocycles. The van der Waals surface area contributed by atoms with Crippen molar-refractivity contribution >= 4 is 5.69 Å². The number of hydrogen-bond donors (Lipinski definition) is 1. The minimum atomic E-state index is -0.368. The Kier molecular flexibility index (Phi) is 3.23. The minimum absolute atomic E-state index is 0.229. The van der Waals surface area contributed by atoms with E-state index in [0.717, 1.165) is 5.56 Å². The van der Waals surface area contributed by atoms with Crippen LogP contribution in [0.15, 0.2) is 42.7 Å².